The van der Waals surface area contributed by atoms with Gasteiger partial charge in [-0.05, 0) is 32.1 Å². The second kappa shape index (κ2) is 21.4. The molecule has 0 amide bonds. The van der Waals surface area contributed by atoms with Gasteiger partial charge in [-0.25, -0.2) is 4.89 Å². The summed E-state index contributed by atoms with van der Waals surface area (Å²) in [7, 11) is 0. The van der Waals surface area contributed by atoms with Gasteiger partial charge in [-0.3, -0.25) is 10.1 Å². The molecule has 0 bridgehead atoms. The molecule has 25 heavy (non-hydrogen) atoms. The first kappa shape index (κ1) is 26.6. The van der Waals surface area contributed by atoms with Crippen molar-refractivity contribution in [3.05, 3.63) is 48.6 Å². The fourth-order valence-corrected chi connectivity index (χ4v) is 2.06. The third-order valence-corrected chi connectivity index (χ3v) is 3.44. The molecule has 1 atom stereocenters. The zero-order chi connectivity index (χ0) is 17.9. The molecule has 0 fully saturated rings. The van der Waals surface area contributed by atoms with E-state index < -0.39 is 5.97 Å². The summed E-state index contributed by atoms with van der Waals surface area (Å²) in [6, 6.07) is 0. The Bertz CT molecular complexity index is 420. The Morgan fingerprint density at radius 1 is 1.04 bits per heavy atom. The van der Waals surface area contributed by atoms with Crippen molar-refractivity contribution in [2.24, 2.45) is 0 Å². The maximum absolute atomic E-state index is 10.3. The predicted molar refractivity (Wildman–Crippen MR) is 100 cm³/mol. The number of allylic oxidation sites excluding steroid dienone is 7. The summed E-state index contributed by atoms with van der Waals surface area (Å²) in [4.78, 5) is 14.8. The summed E-state index contributed by atoms with van der Waals surface area (Å²) in [5.74, 6) is -0.734. The van der Waals surface area contributed by atoms with Gasteiger partial charge < -0.3 is 6.53 Å². The van der Waals surface area contributed by atoms with Crippen LogP contribution in [0.4, 0.5) is 0 Å². The van der Waals surface area contributed by atoms with E-state index in [1.54, 1.807) is 0 Å². The number of hydrogen-bond donors (Lipinski definition) is 2. The summed E-state index contributed by atoms with van der Waals surface area (Å²) in [5.41, 5.74) is 0. The van der Waals surface area contributed by atoms with E-state index in [2.05, 4.69) is 30.0 Å². The zero-order valence-corrected chi connectivity index (χ0v) is 17.8. The SMILES string of the molecule is CCCCCC(/C=C/C=C/C/C=C/C/C=C/CCCC(=O)O)OO.[H-].[Na+]. The standard InChI is InChI=1S/C20H32O4.Na.H/c1-2-3-13-16-19(24-23)17-14-11-9-7-5-4-6-8-10-12-15-18-20(21)22;;/h4-5,8-11,14,17,19,23H,2-3,6-7,12-13,15-16,18H2,1H3,(H,21,22);;/q;+1;-1/b5-4+,10-8+,11-9+,17-14+;;. The molecule has 4 nitrogen and oxygen atoms in total. The molecule has 0 aromatic carbocycles. The van der Waals surface area contributed by atoms with Crippen molar-refractivity contribution in [3.8, 4) is 0 Å². The van der Waals surface area contributed by atoms with Crippen molar-refractivity contribution in [3.63, 3.8) is 0 Å². The van der Waals surface area contributed by atoms with Crippen LogP contribution in [0.25, 0.3) is 0 Å². The fourth-order valence-electron chi connectivity index (χ4n) is 2.06. The van der Waals surface area contributed by atoms with Gasteiger partial charge in [0.25, 0.3) is 0 Å². The zero-order valence-electron chi connectivity index (χ0n) is 16.8. The molecular weight excluding hydrogens is 327 g/mol. The smallest absolute Gasteiger partial charge is 1.00 e. The topological polar surface area (TPSA) is 66.8 Å². The van der Waals surface area contributed by atoms with Crippen LogP contribution in [-0.4, -0.2) is 22.4 Å². The molecule has 138 valence electrons. The molecule has 0 saturated heterocycles. The van der Waals surface area contributed by atoms with Crippen molar-refractivity contribution in [1.29, 1.82) is 0 Å². The summed E-state index contributed by atoms with van der Waals surface area (Å²) in [6.45, 7) is 2.15. The molecule has 0 aromatic rings. The number of aliphatic carboxylic acids is 1. The average Bonchev–Trinajstić information content (AvgIpc) is 2.57. The van der Waals surface area contributed by atoms with Crippen LogP contribution in [-0.2, 0) is 9.68 Å². The number of carboxylic acids is 1. The third-order valence-electron chi connectivity index (χ3n) is 3.44. The molecule has 5 heteroatoms. The molecule has 0 aliphatic heterocycles. The molecule has 2 N–H and O–H groups in total. The molecule has 0 spiro atoms. The first-order valence-corrected chi connectivity index (χ1v) is 8.86. The summed E-state index contributed by atoms with van der Waals surface area (Å²) >= 11 is 0. The van der Waals surface area contributed by atoms with Crippen LogP contribution in [0.2, 0.25) is 0 Å². The van der Waals surface area contributed by atoms with Crippen molar-refractivity contribution < 1.29 is 51.0 Å². The van der Waals surface area contributed by atoms with Gasteiger partial charge in [0.15, 0.2) is 0 Å². The molecule has 0 aliphatic carbocycles. The van der Waals surface area contributed by atoms with Crippen LogP contribution < -0.4 is 29.6 Å². The number of rotatable bonds is 15. The molecule has 0 aliphatic rings. The minimum atomic E-state index is -0.734. The van der Waals surface area contributed by atoms with Gasteiger partial charge in [-0.15, -0.1) is 0 Å². The van der Waals surface area contributed by atoms with Crippen molar-refractivity contribution in [2.75, 3.05) is 0 Å². The van der Waals surface area contributed by atoms with Crippen LogP contribution >= 0.6 is 0 Å². The predicted octanol–water partition coefficient (Wildman–Crippen LogP) is 2.80. The van der Waals surface area contributed by atoms with E-state index in [0.29, 0.717) is 6.42 Å². The van der Waals surface area contributed by atoms with E-state index in [-0.39, 0.29) is 43.5 Å². The van der Waals surface area contributed by atoms with Crippen molar-refractivity contribution in [2.45, 2.75) is 70.8 Å². The number of carboxylic acid groups (broad SMARTS) is 1. The molecule has 1 unspecified atom stereocenters. The first-order valence-electron chi connectivity index (χ1n) is 8.86. The van der Waals surface area contributed by atoms with Crippen LogP contribution in [0.3, 0.4) is 0 Å². The third kappa shape index (κ3) is 21.3. The van der Waals surface area contributed by atoms with Crippen LogP contribution in [0, 0.1) is 0 Å². The van der Waals surface area contributed by atoms with E-state index in [1.807, 2.05) is 30.4 Å². The molecule has 0 aromatic heterocycles. The second-order valence-electron chi connectivity index (χ2n) is 5.65. The van der Waals surface area contributed by atoms with E-state index in [0.717, 1.165) is 44.9 Å². The molecule has 0 rings (SSSR count). The molecule has 0 heterocycles. The van der Waals surface area contributed by atoms with Gasteiger partial charge in [-0.1, -0.05) is 74.8 Å². The quantitative estimate of drug-likeness (QED) is 0.118. The van der Waals surface area contributed by atoms with Gasteiger partial charge in [0.2, 0.25) is 0 Å². The number of carbonyl (C=O) groups is 1. The van der Waals surface area contributed by atoms with E-state index in [9.17, 15) is 4.79 Å². The molecular formula is C20H33NaO4. The van der Waals surface area contributed by atoms with Crippen molar-refractivity contribution >= 4 is 5.97 Å². The van der Waals surface area contributed by atoms with E-state index in [1.165, 1.54) is 0 Å². The first-order chi connectivity index (χ1) is 11.7. The Hall–Kier alpha value is -0.650. The number of hydrogen-bond acceptors (Lipinski definition) is 3. The Kier molecular flexibility index (Phi) is 22.7. The Morgan fingerprint density at radius 3 is 2.36 bits per heavy atom. The molecule has 0 radical (unpaired) electrons. The van der Waals surface area contributed by atoms with E-state index in [4.69, 9.17) is 10.4 Å². The van der Waals surface area contributed by atoms with Crippen LogP contribution in [0.15, 0.2) is 48.6 Å². The van der Waals surface area contributed by atoms with Crippen LogP contribution in [0.1, 0.15) is 66.1 Å². The summed E-state index contributed by atoms with van der Waals surface area (Å²) in [6.07, 6.45) is 23.5. The fraction of sp³-hybridized carbons (Fsp3) is 0.550. The maximum Gasteiger partial charge on any atom is 1.00 e. The number of unbranched alkanes of at least 4 members (excludes halogenated alkanes) is 3. The van der Waals surface area contributed by atoms with Crippen molar-refractivity contribution in [1.82, 2.24) is 0 Å². The van der Waals surface area contributed by atoms with Crippen LogP contribution in [0.5, 0.6) is 0 Å². The van der Waals surface area contributed by atoms with Gasteiger partial charge in [0.1, 0.15) is 6.10 Å². The monoisotopic (exact) mass is 360 g/mol. The minimum Gasteiger partial charge on any atom is -1.00 e. The maximum atomic E-state index is 10.3. The normalized spacial score (nSPS) is 13.2. The summed E-state index contributed by atoms with van der Waals surface area (Å²) in [5, 5.41) is 17.3. The largest absolute Gasteiger partial charge is 1.00 e. The summed E-state index contributed by atoms with van der Waals surface area (Å²) < 4.78 is 0. The minimum absolute atomic E-state index is 0. The van der Waals surface area contributed by atoms with E-state index >= 15 is 0 Å². The van der Waals surface area contributed by atoms with Gasteiger partial charge in [-0.2, -0.15) is 0 Å². The molecule has 0 saturated carbocycles. The second-order valence-corrected chi connectivity index (χ2v) is 5.65. The van der Waals surface area contributed by atoms with Gasteiger partial charge in [0.05, 0.1) is 0 Å². The van der Waals surface area contributed by atoms with Gasteiger partial charge in [0, 0.05) is 6.42 Å². The Morgan fingerprint density at radius 2 is 1.72 bits per heavy atom. The Balaban J connectivity index is -0.00000264. The van der Waals surface area contributed by atoms with Gasteiger partial charge >= 0.3 is 35.5 Å². The Labute approximate surface area is 176 Å². The average molecular weight is 360 g/mol.